The van der Waals surface area contributed by atoms with E-state index in [1.807, 2.05) is 62.3 Å². The molecule has 6 N–H and O–H groups in total. The first-order valence-corrected chi connectivity index (χ1v) is 31.5. The van der Waals surface area contributed by atoms with Crippen molar-refractivity contribution in [2.45, 2.75) is 201 Å². The van der Waals surface area contributed by atoms with Crippen molar-refractivity contribution < 1.29 is 47.5 Å². The van der Waals surface area contributed by atoms with Crippen LogP contribution in [0, 0.1) is 47.3 Å². The SMILES string of the molecule is C.C.CCC(C)C(C)(N)C(C)C.CCC(C)C(C)(NP(=O)([O-])[O-])C(C)C.CCC(C)C(C)(O)C(C)C.CCC(C)C(C)(OP(=O)(O)O)C(C)C.O=P(Cl)(Cl)Cl.O=P(Cl)(Cl)Cl. The number of hydrogen-bond donors (Lipinski definition) is 5. The van der Waals surface area contributed by atoms with Crippen LogP contribution >= 0.6 is 93.4 Å². The molecular weight excluding hydrogens is 981 g/mol. The lowest BCUT2D eigenvalue weighted by atomic mass is 9.77. The number of phosphoric ester groups is 1. The monoisotopic (exact) mass is 1070 g/mol. The van der Waals surface area contributed by atoms with Gasteiger partial charge in [0, 0.05) is 11.1 Å². The second-order valence-corrected chi connectivity index (χ2v) is 32.6. The standard InChI is InChI=1S/C9H22NO3P.C9H21N.C9H21O4P.C9H20O.2CH4.2Cl3OP/c1-6-8(4)9(5,7(2)3)10-14(11,12)13;1-6-8(4)9(5,10)7(2)3;1-6-8(4)9(5,7(2)3)13-14(10,11)12;1-6-8(4)9(5,10)7(2)3;;;2*1-5(2,3)4/h7-8H,6H2,1-5H3,(H3,10,11,12,13);7-8H,6,10H2,1-5H3;7-8H,6H2,1-5H3,(H2,10,11,12);7-8,10H,6H2,1-5H3;2*1H4;;/p-2. The van der Waals surface area contributed by atoms with E-state index in [1.54, 1.807) is 13.8 Å². The van der Waals surface area contributed by atoms with E-state index >= 15 is 0 Å². The zero-order valence-corrected chi connectivity index (χ0v) is 46.9. The topological polar surface area (TPSA) is 222 Å². The Bertz CT molecular complexity index is 1150. The third-order valence-corrected chi connectivity index (χ3v) is 13.4. The summed E-state index contributed by atoms with van der Waals surface area (Å²) >= 11 is 27.7. The molecule has 0 rings (SSSR count). The molecule has 0 saturated carbocycles. The molecule has 22 heteroatoms. The lowest BCUT2D eigenvalue weighted by molar-refractivity contribution is -0.320. The van der Waals surface area contributed by atoms with Gasteiger partial charge in [0.1, 0.15) is 0 Å². The molecule has 8 atom stereocenters. The molecule has 0 spiro atoms. The first-order valence-electron chi connectivity index (χ1n) is 19.6. The van der Waals surface area contributed by atoms with Gasteiger partial charge in [-0.25, -0.2) is 4.57 Å². The van der Waals surface area contributed by atoms with E-state index in [1.165, 1.54) is 6.42 Å². The van der Waals surface area contributed by atoms with Gasteiger partial charge in [0.2, 0.25) is 0 Å². The molecule has 0 aliphatic rings. The largest absolute Gasteiger partial charge is 0.799 e. The Morgan fingerprint density at radius 1 is 0.567 bits per heavy atom. The highest BCUT2D eigenvalue weighted by Crippen LogP contribution is 2.62. The molecule has 0 radical (unpaired) electrons. The smallest absolute Gasteiger partial charge is 0.470 e. The predicted octanol–water partition coefficient (Wildman–Crippen LogP) is 15.2. The Labute approximate surface area is 397 Å². The lowest BCUT2D eigenvalue weighted by Gasteiger charge is -2.47. The van der Waals surface area contributed by atoms with Crippen molar-refractivity contribution in [1.29, 1.82) is 0 Å². The quantitative estimate of drug-likeness (QED) is 0.0911. The summed E-state index contributed by atoms with van der Waals surface area (Å²) in [6.07, 6.45) is 3.88. The fourth-order valence-corrected chi connectivity index (χ4v) is 6.92. The van der Waals surface area contributed by atoms with Gasteiger partial charge in [-0.15, -0.1) is 0 Å². The van der Waals surface area contributed by atoms with Crippen LogP contribution in [0.15, 0.2) is 0 Å². The molecule has 376 valence electrons. The molecule has 0 bridgehead atoms. The van der Waals surface area contributed by atoms with E-state index in [9.17, 15) is 33.2 Å². The minimum absolute atomic E-state index is 0. The van der Waals surface area contributed by atoms with Crippen molar-refractivity contribution in [3.05, 3.63) is 0 Å². The Kier molecular flexibility index (Phi) is 45.8. The Morgan fingerprint density at radius 2 is 0.850 bits per heavy atom. The van der Waals surface area contributed by atoms with Gasteiger partial charge in [0.25, 0.3) is 0 Å². The molecule has 12 nitrogen and oxygen atoms in total. The molecule has 8 unspecified atom stereocenters. The van der Waals surface area contributed by atoms with Gasteiger partial charge in [-0.1, -0.05) is 151 Å². The molecule has 0 aliphatic heterocycles. The Morgan fingerprint density at radius 3 is 0.983 bits per heavy atom. The maximum absolute atomic E-state index is 10.8. The summed E-state index contributed by atoms with van der Waals surface area (Å²) in [5.74, 6) is 2.33. The number of halogens is 6. The summed E-state index contributed by atoms with van der Waals surface area (Å²) in [7, 11) is -9.07. The van der Waals surface area contributed by atoms with Crippen LogP contribution in [-0.4, -0.2) is 37.2 Å². The molecule has 0 fully saturated rings. The fraction of sp³-hybridized carbons (Fsp3) is 1.00. The van der Waals surface area contributed by atoms with E-state index < -0.39 is 42.7 Å². The predicted molar refractivity (Wildman–Crippen MR) is 265 cm³/mol. The minimum atomic E-state index is -4.66. The highest BCUT2D eigenvalue weighted by atomic mass is 36.1. The number of nitrogens with two attached hydrogens (primary N) is 1. The van der Waals surface area contributed by atoms with E-state index in [-0.39, 0.29) is 44.1 Å². The van der Waals surface area contributed by atoms with Crippen LogP contribution in [0.4, 0.5) is 0 Å². The lowest BCUT2D eigenvalue weighted by Crippen LogP contribution is -2.53. The van der Waals surface area contributed by atoms with Gasteiger partial charge >= 0.3 is 18.2 Å². The summed E-state index contributed by atoms with van der Waals surface area (Å²) < 4.78 is 45.5. The normalized spacial score (nSPS) is 17.9. The van der Waals surface area contributed by atoms with Crippen LogP contribution in [0.3, 0.4) is 0 Å². The van der Waals surface area contributed by atoms with Gasteiger partial charge in [0.15, 0.2) is 0 Å². The van der Waals surface area contributed by atoms with Gasteiger partial charge < -0.3 is 35.0 Å². The van der Waals surface area contributed by atoms with Crippen molar-refractivity contribution >= 4 is 93.4 Å². The second-order valence-electron chi connectivity index (χ2n) is 16.9. The number of phosphoric acid groups is 1. The van der Waals surface area contributed by atoms with Crippen molar-refractivity contribution in [3.63, 3.8) is 0 Å². The average molecular weight is 1070 g/mol. The maximum Gasteiger partial charge on any atom is 0.470 e. The maximum atomic E-state index is 10.8. The summed E-state index contributed by atoms with van der Waals surface area (Å²) in [6, 6.07) is 0. The van der Waals surface area contributed by atoms with Crippen molar-refractivity contribution in [2.75, 3.05) is 0 Å². The zero-order chi connectivity index (χ0) is 48.9. The zero-order valence-electron chi connectivity index (χ0n) is 38.8. The molecule has 60 heavy (non-hydrogen) atoms. The third kappa shape index (κ3) is 42.9. The molecule has 0 saturated heterocycles. The van der Waals surface area contributed by atoms with E-state index in [2.05, 4.69) is 135 Å². The Hall–Kier alpha value is 2.34. The van der Waals surface area contributed by atoms with Crippen LogP contribution in [0.5, 0.6) is 0 Å². The van der Waals surface area contributed by atoms with Gasteiger partial charge in [-0.2, -0.15) is 0 Å². The van der Waals surface area contributed by atoms with Crippen LogP contribution in [0.1, 0.15) is 179 Å². The van der Waals surface area contributed by atoms with Gasteiger partial charge in [0.05, 0.1) is 11.2 Å². The first kappa shape index (κ1) is 79.4. The highest BCUT2D eigenvalue weighted by Gasteiger charge is 2.40. The number of hydrogen-bond acceptors (Lipinski definition) is 9. The summed E-state index contributed by atoms with van der Waals surface area (Å²) in [5.41, 5.74) is 4.22. The number of aliphatic hydroxyl groups is 1. The summed E-state index contributed by atoms with van der Waals surface area (Å²) in [5, 5.41) is 5.64. The molecule has 0 heterocycles. The second kappa shape index (κ2) is 34.6. The van der Waals surface area contributed by atoms with Gasteiger partial charge in [-0.3, -0.25) is 18.7 Å². The molecule has 0 aromatic rings. The minimum Gasteiger partial charge on any atom is -0.799 e. The van der Waals surface area contributed by atoms with Crippen LogP contribution in [-0.2, 0) is 22.8 Å². The van der Waals surface area contributed by atoms with Crippen LogP contribution in [0.25, 0.3) is 0 Å². The van der Waals surface area contributed by atoms with E-state index in [0.29, 0.717) is 23.7 Å². The van der Waals surface area contributed by atoms with E-state index in [0.717, 1.165) is 19.3 Å². The summed E-state index contributed by atoms with van der Waals surface area (Å²) in [4.78, 5) is 39.1. The summed E-state index contributed by atoms with van der Waals surface area (Å²) in [6.45, 7) is 40.2. The van der Waals surface area contributed by atoms with Gasteiger partial charge in [-0.05, 0) is 150 Å². The number of rotatable bonds is 16. The molecule has 0 aromatic heterocycles. The molecule has 0 amide bonds. The van der Waals surface area contributed by atoms with Crippen molar-refractivity contribution in [2.24, 2.45) is 53.1 Å². The highest BCUT2D eigenvalue weighted by molar-refractivity contribution is 8.25. The van der Waals surface area contributed by atoms with Crippen molar-refractivity contribution in [3.8, 4) is 0 Å². The van der Waals surface area contributed by atoms with Crippen molar-refractivity contribution in [1.82, 2.24) is 5.09 Å². The number of nitrogens with one attached hydrogen (secondary N) is 1. The molecule has 0 aromatic carbocycles. The first-order chi connectivity index (χ1) is 25.1. The molecular formula is C38H90Cl6N2O10P4-2. The third-order valence-electron chi connectivity index (χ3n) is 12.0. The van der Waals surface area contributed by atoms with Crippen LogP contribution in [0.2, 0.25) is 0 Å². The van der Waals surface area contributed by atoms with E-state index in [4.69, 9.17) is 20.0 Å². The fourth-order valence-electron chi connectivity index (χ4n) is 4.94. The average Bonchev–Trinajstić information content (AvgIpc) is 3.00. The molecule has 0 aliphatic carbocycles. The Balaban J connectivity index is -0.0000000928. The van der Waals surface area contributed by atoms with Crippen LogP contribution < -0.4 is 20.6 Å².